The summed E-state index contributed by atoms with van der Waals surface area (Å²) in [6.07, 6.45) is 2.33. The number of aromatic nitrogens is 1. The average molecular weight is 468 g/mol. The summed E-state index contributed by atoms with van der Waals surface area (Å²) in [4.78, 5) is 55.3. The highest BCUT2D eigenvalue weighted by molar-refractivity contribution is 6.03. The standard InChI is InChI=1S/C26H33N3O5/c1-5-25(32)29(14-17-9-10-27-26(17)33)15-23(31)18(11-16(2)3)12-22(30)21-13-19-20(28-21)7-6-8-24(19)34-4/h5-8,13,16-18,28H,1,9-12,14-15H2,2-4H3,(H,27,33)/t17-,18+/m0/s1. The van der Waals surface area contributed by atoms with Crippen molar-refractivity contribution in [3.8, 4) is 5.75 Å². The molecule has 1 aliphatic heterocycles. The molecule has 2 amide bonds. The third-order valence-electron chi connectivity index (χ3n) is 6.22. The average Bonchev–Trinajstić information content (AvgIpc) is 3.43. The topological polar surface area (TPSA) is 109 Å². The van der Waals surface area contributed by atoms with Gasteiger partial charge in [0, 0.05) is 36.3 Å². The first kappa shape index (κ1) is 25.2. The van der Waals surface area contributed by atoms with Crippen molar-refractivity contribution in [2.24, 2.45) is 17.8 Å². The van der Waals surface area contributed by atoms with Crippen LogP contribution in [0.2, 0.25) is 0 Å². The maximum atomic E-state index is 13.3. The van der Waals surface area contributed by atoms with Crippen LogP contribution in [0.15, 0.2) is 36.9 Å². The monoisotopic (exact) mass is 467 g/mol. The molecule has 2 heterocycles. The predicted molar refractivity (Wildman–Crippen MR) is 130 cm³/mol. The first-order valence-corrected chi connectivity index (χ1v) is 11.6. The number of ketones is 2. The normalized spacial score (nSPS) is 16.4. The van der Waals surface area contributed by atoms with E-state index in [4.69, 9.17) is 4.74 Å². The molecule has 2 N–H and O–H groups in total. The predicted octanol–water partition coefficient (Wildman–Crippen LogP) is 3.13. The van der Waals surface area contributed by atoms with E-state index in [9.17, 15) is 19.2 Å². The Bertz CT molecular complexity index is 1090. The highest BCUT2D eigenvalue weighted by Gasteiger charge is 2.31. The maximum Gasteiger partial charge on any atom is 0.246 e. The number of carbonyl (C=O) groups is 4. The first-order chi connectivity index (χ1) is 16.2. The lowest BCUT2D eigenvalue weighted by molar-refractivity contribution is -0.135. The van der Waals surface area contributed by atoms with Gasteiger partial charge in [-0.05, 0) is 43.0 Å². The second-order valence-corrected chi connectivity index (χ2v) is 9.22. The molecule has 0 unspecified atom stereocenters. The van der Waals surface area contributed by atoms with E-state index in [0.29, 0.717) is 30.8 Å². The lowest BCUT2D eigenvalue weighted by Gasteiger charge is -2.25. The van der Waals surface area contributed by atoms with Crippen LogP contribution < -0.4 is 10.1 Å². The number of aromatic amines is 1. The summed E-state index contributed by atoms with van der Waals surface area (Å²) >= 11 is 0. The molecule has 1 fully saturated rings. The second-order valence-electron chi connectivity index (χ2n) is 9.22. The molecule has 3 rings (SSSR count). The quantitative estimate of drug-likeness (QED) is 0.368. The van der Waals surface area contributed by atoms with Crippen LogP contribution >= 0.6 is 0 Å². The van der Waals surface area contributed by atoms with Gasteiger partial charge in [-0.3, -0.25) is 19.2 Å². The maximum absolute atomic E-state index is 13.3. The van der Waals surface area contributed by atoms with Crippen LogP contribution in [-0.4, -0.2) is 60.0 Å². The van der Waals surface area contributed by atoms with Crippen LogP contribution in [0.1, 0.15) is 43.6 Å². The molecule has 1 aromatic carbocycles. The minimum Gasteiger partial charge on any atom is -0.496 e. The lowest BCUT2D eigenvalue weighted by Crippen LogP contribution is -2.42. The van der Waals surface area contributed by atoms with Gasteiger partial charge >= 0.3 is 0 Å². The molecule has 0 saturated carbocycles. The molecular formula is C26H33N3O5. The van der Waals surface area contributed by atoms with E-state index in [0.717, 1.165) is 17.0 Å². The van der Waals surface area contributed by atoms with Gasteiger partial charge in [0.05, 0.1) is 25.3 Å². The summed E-state index contributed by atoms with van der Waals surface area (Å²) in [7, 11) is 1.58. The van der Waals surface area contributed by atoms with Crippen LogP contribution in [0.25, 0.3) is 10.9 Å². The number of nitrogens with zero attached hydrogens (tertiary/aromatic N) is 1. The molecule has 2 atom stereocenters. The van der Waals surface area contributed by atoms with Crippen molar-refractivity contribution >= 4 is 34.3 Å². The third-order valence-corrected chi connectivity index (χ3v) is 6.22. The Balaban J connectivity index is 1.76. The fourth-order valence-electron chi connectivity index (χ4n) is 4.45. The molecule has 0 radical (unpaired) electrons. The van der Waals surface area contributed by atoms with Crippen LogP contribution in [0.5, 0.6) is 5.75 Å². The molecule has 0 bridgehead atoms. The number of fused-ring (bicyclic) bond motifs is 1. The smallest absolute Gasteiger partial charge is 0.246 e. The zero-order valence-corrected chi connectivity index (χ0v) is 20.1. The molecule has 0 spiro atoms. The number of benzene rings is 1. The number of hydrogen-bond acceptors (Lipinski definition) is 5. The number of rotatable bonds is 12. The van der Waals surface area contributed by atoms with E-state index >= 15 is 0 Å². The number of H-pyrrole nitrogens is 1. The van der Waals surface area contributed by atoms with Gasteiger partial charge in [-0.15, -0.1) is 0 Å². The zero-order chi connectivity index (χ0) is 24.8. The minimum atomic E-state index is -0.543. The number of amides is 2. The largest absolute Gasteiger partial charge is 0.496 e. The number of ether oxygens (including phenoxy) is 1. The molecule has 8 heteroatoms. The van der Waals surface area contributed by atoms with Gasteiger partial charge in [-0.2, -0.15) is 0 Å². The van der Waals surface area contributed by atoms with Crippen LogP contribution in [0, 0.1) is 17.8 Å². The van der Waals surface area contributed by atoms with Crippen molar-refractivity contribution in [2.45, 2.75) is 33.1 Å². The van der Waals surface area contributed by atoms with Gasteiger partial charge < -0.3 is 19.9 Å². The molecule has 34 heavy (non-hydrogen) atoms. The van der Waals surface area contributed by atoms with E-state index in [1.54, 1.807) is 13.2 Å². The molecule has 1 aromatic heterocycles. The van der Waals surface area contributed by atoms with E-state index in [2.05, 4.69) is 16.9 Å². The molecule has 1 saturated heterocycles. The summed E-state index contributed by atoms with van der Waals surface area (Å²) in [6.45, 7) is 8.08. The van der Waals surface area contributed by atoms with Crippen LogP contribution in [-0.2, 0) is 14.4 Å². The fraction of sp³-hybridized carbons (Fsp3) is 0.462. The molecule has 2 aromatic rings. The van der Waals surface area contributed by atoms with Crippen LogP contribution in [0.3, 0.4) is 0 Å². The lowest BCUT2D eigenvalue weighted by atomic mass is 9.88. The molecular weight excluding hydrogens is 434 g/mol. The van der Waals surface area contributed by atoms with E-state index in [1.165, 1.54) is 4.90 Å². The van der Waals surface area contributed by atoms with Crippen LogP contribution in [0.4, 0.5) is 0 Å². The van der Waals surface area contributed by atoms with E-state index in [1.807, 2.05) is 32.0 Å². The van der Waals surface area contributed by atoms with Crippen molar-refractivity contribution in [1.82, 2.24) is 15.2 Å². The Labute approximate surface area is 199 Å². The van der Waals surface area contributed by atoms with Gasteiger partial charge in [-0.25, -0.2) is 0 Å². The summed E-state index contributed by atoms with van der Waals surface area (Å²) in [5.74, 6) is -0.909. The number of methoxy groups -OCH3 is 1. The van der Waals surface area contributed by atoms with Crippen molar-refractivity contribution in [1.29, 1.82) is 0 Å². The van der Waals surface area contributed by atoms with Gasteiger partial charge in [0.25, 0.3) is 0 Å². The third kappa shape index (κ3) is 5.92. The number of Topliss-reactive ketones (excluding diaryl/α,β-unsaturated/α-hetero) is 2. The summed E-state index contributed by atoms with van der Waals surface area (Å²) < 4.78 is 5.37. The van der Waals surface area contributed by atoms with Gasteiger partial charge in [-0.1, -0.05) is 26.5 Å². The highest BCUT2D eigenvalue weighted by Crippen LogP contribution is 2.28. The Morgan fingerprint density at radius 3 is 2.68 bits per heavy atom. The molecule has 1 aliphatic rings. The minimum absolute atomic E-state index is 0.0339. The van der Waals surface area contributed by atoms with Crippen molar-refractivity contribution < 1.29 is 23.9 Å². The highest BCUT2D eigenvalue weighted by atomic mass is 16.5. The fourth-order valence-corrected chi connectivity index (χ4v) is 4.45. The number of hydrogen-bond donors (Lipinski definition) is 2. The molecule has 182 valence electrons. The second kappa shape index (κ2) is 11.1. The zero-order valence-electron chi connectivity index (χ0n) is 20.1. The van der Waals surface area contributed by atoms with Crippen molar-refractivity contribution in [2.75, 3.05) is 26.7 Å². The Kier molecular flexibility index (Phi) is 8.26. The SMILES string of the molecule is C=CC(=O)N(CC(=O)[C@@H](CC(=O)c1cc2c(OC)cccc2[nH]1)CC(C)C)C[C@@H]1CCNC1=O. The van der Waals surface area contributed by atoms with E-state index in [-0.39, 0.29) is 48.8 Å². The van der Waals surface area contributed by atoms with Gasteiger partial charge in [0.2, 0.25) is 11.8 Å². The summed E-state index contributed by atoms with van der Waals surface area (Å²) in [5, 5.41) is 3.56. The van der Waals surface area contributed by atoms with E-state index < -0.39 is 11.8 Å². The number of nitrogens with one attached hydrogen (secondary N) is 2. The number of carbonyl (C=O) groups excluding carboxylic acids is 4. The summed E-state index contributed by atoms with van der Waals surface area (Å²) in [6, 6.07) is 7.28. The summed E-state index contributed by atoms with van der Waals surface area (Å²) in [5.41, 5.74) is 1.20. The Morgan fingerprint density at radius 2 is 2.06 bits per heavy atom. The Hall–Kier alpha value is -3.42. The molecule has 8 nitrogen and oxygen atoms in total. The van der Waals surface area contributed by atoms with Gasteiger partial charge in [0.1, 0.15) is 5.75 Å². The first-order valence-electron chi connectivity index (χ1n) is 11.6. The van der Waals surface area contributed by atoms with Crippen molar-refractivity contribution in [3.05, 3.63) is 42.6 Å². The van der Waals surface area contributed by atoms with Gasteiger partial charge in [0.15, 0.2) is 11.6 Å². The Morgan fingerprint density at radius 1 is 1.29 bits per heavy atom. The molecule has 0 aliphatic carbocycles. The van der Waals surface area contributed by atoms with Crippen molar-refractivity contribution in [3.63, 3.8) is 0 Å².